The molecule has 0 radical (unpaired) electrons. The van der Waals surface area contributed by atoms with Crippen molar-refractivity contribution in [3.8, 4) is 0 Å². The third-order valence-electron chi connectivity index (χ3n) is 3.55. The van der Waals surface area contributed by atoms with E-state index in [9.17, 15) is 14.7 Å². The van der Waals surface area contributed by atoms with E-state index in [-0.39, 0.29) is 12.8 Å². The minimum absolute atomic E-state index is 0.0472. The molecule has 2 fully saturated rings. The summed E-state index contributed by atoms with van der Waals surface area (Å²) < 4.78 is 21.2. The van der Waals surface area contributed by atoms with Crippen molar-refractivity contribution in [2.45, 2.75) is 63.3 Å². The molecule has 1 heterocycles. The Morgan fingerprint density at radius 3 is 2.45 bits per heavy atom. The van der Waals surface area contributed by atoms with Gasteiger partial charge in [0.1, 0.15) is 12.2 Å². The van der Waals surface area contributed by atoms with Crippen LogP contribution in [0.25, 0.3) is 0 Å². The number of rotatable bonds is 2. The van der Waals surface area contributed by atoms with Gasteiger partial charge in [0.25, 0.3) is 0 Å². The van der Waals surface area contributed by atoms with E-state index >= 15 is 0 Å². The molecular formula is C13H20O7. The number of esters is 2. The molecule has 1 N–H and O–H groups in total. The molecule has 0 spiro atoms. The summed E-state index contributed by atoms with van der Waals surface area (Å²) in [6, 6.07) is 0. The molecule has 0 aromatic carbocycles. The van der Waals surface area contributed by atoms with Crippen LogP contribution in [0, 0.1) is 0 Å². The van der Waals surface area contributed by atoms with E-state index in [2.05, 4.69) is 4.74 Å². The molecule has 0 bridgehead atoms. The lowest BCUT2D eigenvalue weighted by Gasteiger charge is -2.39. The molecule has 4 unspecified atom stereocenters. The van der Waals surface area contributed by atoms with Crippen molar-refractivity contribution in [3.05, 3.63) is 0 Å². The molecule has 7 nitrogen and oxygen atoms in total. The molecule has 0 amide bonds. The van der Waals surface area contributed by atoms with E-state index in [4.69, 9.17) is 14.2 Å². The SMILES string of the molecule is COC(=O)C1(O)CC(OC(C)=O)C2OC(C)(C)OC2C1. The topological polar surface area (TPSA) is 91.3 Å². The number of methoxy groups -OCH3 is 1. The maximum Gasteiger partial charge on any atom is 0.338 e. The van der Waals surface area contributed by atoms with Gasteiger partial charge in [-0.1, -0.05) is 0 Å². The second kappa shape index (κ2) is 4.98. The molecule has 1 saturated heterocycles. The van der Waals surface area contributed by atoms with Crippen molar-refractivity contribution >= 4 is 11.9 Å². The summed E-state index contributed by atoms with van der Waals surface area (Å²) in [5.74, 6) is -2.12. The standard InChI is InChI=1S/C13H20O7/c1-7(14)18-8-5-13(16,11(15)17-4)6-9-10(8)20-12(2,3)19-9/h8-10,16H,5-6H2,1-4H3. The van der Waals surface area contributed by atoms with Gasteiger partial charge in [-0.3, -0.25) is 4.79 Å². The van der Waals surface area contributed by atoms with Crippen molar-refractivity contribution < 1.29 is 33.6 Å². The fourth-order valence-electron chi connectivity index (χ4n) is 2.88. The highest BCUT2D eigenvalue weighted by Crippen LogP contribution is 2.42. The highest BCUT2D eigenvalue weighted by atomic mass is 16.8. The number of carbonyl (C=O) groups excluding carboxylic acids is 2. The third kappa shape index (κ3) is 2.79. The maximum absolute atomic E-state index is 11.8. The number of hydrogen-bond donors (Lipinski definition) is 1. The lowest BCUT2D eigenvalue weighted by molar-refractivity contribution is -0.188. The molecule has 1 aliphatic carbocycles. The van der Waals surface area contributed by atoms with Crippen LogP contribution < -0.4 is 0 Å². The Morgan fingerprint density at radius 1 is 1.25 bits per heavy atom. The highest BCUT2D eigenvalue weighted by molar-refractivity contribution is 5.79. The normalized spacial score (nSPS) is 39.0. The molecule has 1 saturated carbocycles. The van der Waals surface area contributed by atoms with Gasteiger partial charge in [0.05, 0.1) is 13.2 Å². The Balaban J connectivity index is 2.25. The van der Waals surface area contributed by atoms with Crippen LogP contribution >= 0.6 is 0 Å². The minimum Gasteiger partial charge on any atom is -0.467 e. The molecule has 114 valence electrons. The molecule has 0 aromatic rings. The zero-order chi connectivity index (χ0) is 15.1. The van der Waals surface area contributed by atoms with Crippen LogP contribution in [-0.4, -0.2) is 53.9 Å². The monoisotopic (exact) mass is 288 g/mol. The molecule has 20 heavy (non-hydrogen) atoms. The number of carbonyl (C=O) groups is 2. The quantitative estimate of drug-likeness (QED) is 0.722. The predicted molar refractivity (Wildman–Crippen MR) is 65.6 cm³/mol. The summed E-state index contributed by atoms with van der Waals surface area (Å²) in [7, 11) is 1.20. The lowest BCUT2D eigenvalue weighted by atomic mass is 9.79. The average molecular weight is 288 g/mol. The number of ether oxygens (including phenoxy) is 4. The smallest absolute Gasteiger partial charge is 0.338 e. The van der Waals surface area contributed by atoms with Gasteiger partial charge < -0.3 is 24.1 Å². The molecule has 2 rings (SSSR count). The summed E-state index contributed by atoms with van der Waals surface area (Å²) >= 11 is 0. The van der Waals surface area contributed by atoms with Crippen LogP contribution in [0.5, 0.6) is 0 Å². The van der Waals surface area contributed by atoms with E-state index in [1.54, 1.807) is 13.8 Å². The first-order chi connectivity index (χ1) is 9.17. The molecule has 1 aliphatic heterocycles. The summed E-state index contributed by atoms with van der Waals surface area (Å²) in [6.07, 6.45) is -1.81. The van der Waals surface area contributed by atoms with Gasteiger partial charge >= 0.3 is 11.9 Å². The van der Waals surface area contributed by atoms with E-state index in [1.165, 1.54) is 14.0 Å². The van der Waals surface area contributed by atoms with Gasteiger partial charge in [0.15, 0.2) is 11.4 Å². The average Bonchev–Trinajstić information content (AvgIpc) is 2.61. The number of hydrogen-bond acceptors (Lipinski definition) is 7. The Kier molecular flexibility index (Phi) is 3.79. The van der Waals surface area contributed by atoms with Crippen LogP contribution in [0.15, 0.2) is 0 Å². The Labute approximate surface area is 117 Å². The molecule has 4 atom stereocenters. The van der Waals surface area contributed by atoms with Gasteiger partial charge in [-0.2, -0.15) is 0 Å². The largest absolute Gasteiger partial charge is 0.467 e. The van der Waals surface area contributed by atoms with Crippen molar-refractivity contribution in [2.24, 2.45) is 0 Å². The lowest BCUT2D eigenvalue weighted by Crippen LogP contribution is -2.56. The van der Waals surface area contributed by atoms with Gasteiger partial charge in [-0.15, -0.1) is 0 Å². The van der Waals surface area contributed by atoms with Gasteiger partial charge in [0, 0.05) is 19.8 Å². The van der Waals surface area contributed by atoms with Crippen LogP contribution in [0.3, 0.4) is 0 Å². The van der Waals surface area contributed by atoms with E-state index < -0.39 is 41.6 Å². The zero-order valence-corrected chi connectivity index (χ0v) is 12.0. The second-order valence-electron chi connectivity index (χ2n) is 5.72. The van der Waals surface area contributed by atoms with Gasteiger partial charge in [-0.05, 0) is 13.8 Å². The fourth-order valence-corrected chi connectivity index (χ4v) is 2.88. The molecular weight excluding hydrogens is 268 g/mol. The van der Waals surface area contributed by atoms with E-state index in [1.807, 2.05) is 0 Å². The van der Waals surface area contributed by atoms with Gasteiger partial charge in [0.2, 0.25) is 0 Å². The van der Waals surface area contributed by atoms with Crippen molar-refractivity contribution in [1.29, 1.82) is 0 Å². The summed E-state index contributed by atoms with van der Waals surface area (Å²) in [5.41, 5.74) is -1.74. The second-order valence-corrected chi connectivity index (χ2v) is 5.72. The first-order valence-corrected chi connectivity index (χ1v) is 6.50. The molecule has 2 aliphatic rings. The Morgan fingerprint density at radius 2 is 1.90 bits per heavy atom. The van der Waals surface area contributed by atoms with E-state index in [0.29, 0.717) is 0 Å². The predicted octanol–water partition coefficient (Wildman–Crippen LogP) is 0.136. The number of aliphatic hydroxyl groups is 1. The van der Waals surface area contributed by atoms with Crippen molar-refractivity contribution in [2.75, 3.05) is 7.11 Å². The first kappa shape index (κ1) is 15.2. The van der Waals surface area contributed by atoms with Crippen molar-refractivity contribution in [1.82, 2.24) is 0 Å². The Hall–Kier alpha value is -1.18. The van der Waals surface area contributed by atoms with Crippen LogP contribution in [0.1, 0.15) is 33.6 Å². The van der Waals surface area contributed by atoms with Crippen LogP contribution in [-0.2, 0) is 28.5 Å². The highest BCUT2D eigenvalue weighted by Gasteiger charge is 2.57. The minimum atomic E-state index is -1.74. The Bertz CT molecular complexity index is 419. The summed E-state index contributed by atoms with van der Waals surface area (Å²) in [5, 5.41) is 10.4. The van der Waals surface area contributed by atoms with Crippen LogP contribution in [0.4, 0.5) is 0 Å². The van der Waals surface area contributed by atoms with Crippen molar-refractivity contribution in [3.63, 3.8) is 0 Å². The third-order valence-corrected chi connectivity index (χ3v) is 3.55. The molecule has 0 aromatic heterocycles. The first-order valence-electron chi connectivity index (χ1n) is 6.50. The summed E-state index contributed by atoms with van der Waals surface area (Å²) in [6.45, 7) is 4.72. The van der Waals surface area contributed by atoms with E-state index in [0.717, 1.165) is 0 Å². The fraction of sp³-hybridized carbons (Fsp3) is 0.846. The summed E-state index contributed by atoms with van der Waals surface area (Å²) in [4.78, 5) is 23.0. The maximum atomic E-state index is 11.8. The zero-order valence-electron chi connectivity index (χ0n) is 12.0. The van der Waals surface area contributed by atoms with Gasteiger partial charge in [-0.25, -0.2) is 4.79 Å². The van der Waals surface area contributed by atoms with Crippen LogP contribution in [0.2, 0.25) is 0 Å². The number of fused-ring (bicyclic) bond motifs is 1. The molecule has 7 heteroatoms.